The van der Waals surface area contributed by atoms with E-state index >= 15 is 0 Å². The highest BCUT2D eigenvalue weighted by atomic mass is 19.4. The van der Waals surface area contributed by atoms with Gasteiger partial charge in [0.05, 0.1) is 5.69 Å². The molecule has 1 amide bonds. The minimum atomic E-state index is -4.96. The number of benzene rings is 2. The van der Waals surface area contributed by atoms with Crippen LogP contribution in [-0.4, -0.2) is 30.9 Å². The van der Waals surface area contributed by atoms with Crippen LogP contribution >= 0.6 is 0 Å². The van der Waals surface area contributed by atoms with Crippen molar-refractivity contribution in [2.75, 3.05) is 5.32 Å². The van der Waals surface area contributed by atoms with Crippen LogP contribution in [0.15, 0.2) is 60.9 Å². The van der Waals surface area contributed by atoms with E-state index in [2.05, 4.69) is 25.6 Å². The quantitative estimate of drug-likeness (QED) is 0.491. The van der Waals surface area contributed by atoms with E-state index in [4.69, 9.17) is 0 Å². The highest BCUT2D eigenvalue weighted by Crippen LogP contribution is 2.33. The van der Waals surface area contributed by atoms with Gasteiger partial charge >= 0.3 is 6.18 Å². The van der Waals surface area contributed by atoms with Crippen LogP contribution < -0.4 is 5.32 Å². The SMILES string of the molecule is O=C(Nc1cccc(-c2ncc[nH]2)c1)c1nnn(-c2cccc(F)c2)c1C(F)(F)F. The first kappa shape index (κ1) is 19.3. The molecule has 0 unspecified atom stereocenters. The molecule has 7 nitrogen and oxygen atoms in total. The molecule has 2 aromatic heterocycles. The Hall–Kier alpha value is -4.02. The number of H-pyrrole nitrogens is 1. The monoisotopic (exact) mass is 416 g/mol. The van der Waals surface area contributed by atoms with Gasteiger partial charge in [0.15, 0.2) is 11.4 Å². The Morgan fingerprint density at radius 2 is 1.90 bits per heavy atom. The van der Waals surface area contributed by atoms with Gasteiger partial charge in [0, 0.05) is 23.6 Å². The van der Waals surface area contributed by atoms with E-state index in [1.54, 1.807) is 30.6 Å². The van der Waals surface area contributed by atoms with E-state index < -0.39 is 29.3 Å². The molecule has 0 saturated carbocycles. The molecule has 30 heavy (non-hydrogen) atoms. The van der Waals surface area contributed by atoms with Crippen LogP contribution in [0.2, 0.25) is 0 Å². The number of hydrogen-bond donors (Lipinski definition) is 2. The third kappa shape index (κ3) is 3.77. The van der Waals surface area contributed by atoms with Gasteiger partial charge in [-0.3, -0.25) is 4.79 Å². The van der Waals surface area contributed by atoms with Gasteiger partial charge in [0.2, 0.25) is 0 Å². The number of aromatic amines is 1. The normalized spacial score (nSPS) is 11.5. The molecule has 0 spiro atoms. The van der Waals surface area contributed by atoms with Crippen molar-refractivity contribution in [1.29, 1.82) is 0 Å². The summed E-state index contributed by atoms with van der Waals surface area (Å²) in [5.74, 6) is -1.34. The molecule has 11 heteroatoms. The van der Waals surface area contributed by atoms with Crippen LogP contribution in [0.4, 0.5) is 23.2 Å². The zero-order valence-corrected chi connectivity index (χ0v) is 15.0. The van der Waals surface area contributed by atoms with E-state index in [1.807, 2.05) is 0 Å². The first-order valence-electron chi connectivity index (χ1n) is 8.53. The smallest absolute Gasteiger partial charge is 0.345 e. The molecular formula is C19H12F4N6O. The van der Waals surface area contributed by atoms with Crippen molar-refractivity contribution in [3.63, 3.8) is 0 Å². The van der Waals surface area contributed by atoms with Crippen molar-refractivity contribution in [3.05, 3.63) is 78.1 Å². The molecule has 2 heterocycles. The lowest BCUT2D eigenvalue weighted by molar-refractivity contribution is -0.143. The molecular weight excluding hydrogens is 404 g/mol. The molecule has 0 fully saturated rings. The van der Waals surface area contributed by atoms with Gasteiger partial charge in [-0.2, -0.15) is 13.2 Å². The van der Waals surface area contributed by atoms with E-state index in [1.165, 1.54) is 18.2 Å². The summed E-state index contributed by atoms with van der Waals surface area (Å²) in [4.78, 5) is 19.5. The summed E-state index contributed by atoms with van der Waals surface area (Å²) in [5, 5.41) is 9.19. The molecule has 0 aliphatic heterocycles. The number of imidazole rings is 1. The standard InChI is InChI=1S/C19H12F4N6O/c20-12-4-2-6-14(10-12)29-16(19(21,22)23)15(27-28-29)18(30)26-13-5-1-3-11(9-13)17-24-7-8-25-17/h1-10H,(H,24,25)(H,26,30). The fraction of sp³-hybridized carbons (Fsp3) is 0.0526. The Kier molecular flexibility index (Phi) is 4.78. The summed E-state index contributed by atoms with van der Waals surface area (Å²) in [6.07, 6.45) is -1.81. The van der Waals surface area contributed by atoms with E-state index in [0.717, 1.165) is 12.1 Å². The molecule has 0 atom stereocenters. The van der Waals surface area contributed by atoms with Crippen molar-refractivity contribution in [3.8, 4) is 17.1 Å². The maximum atomic E-state index is 13.7. The van der Waals surface area contributed by atoms with Crippen molar-refractivity contribution in [2.24, 2.45) is 0 Å². The largest absolute Gasteiger partial charge is 0.435 e. The topological polar surface area (TPSA) is 88.5 Å². The number of rotatable bonds is 4. The van der Waals surface area contributed by atoms with Gasteiger partial charge in [0.1, 0.15) is 11.6 Å². The number of carbonyl (C=O) groups excluding carboxylic acids is 1. The fourth-order valence-electron chi connectivity index (χ4n) is 2.84. The summed E-state index contributed by atoms with van der Waals surface area (Å²) < 4.78 is 54.9. The average Bonchev–Trinajstić information content (AvgIpc) is 3.38. The molecule has 2 N–H and O–H groups in total. The maximum Gasteiger partial charge on any atom is 0.435 e. The predicted molar refractivity (Wildman–Crippen MR) is 98.3 cm³/mol. The Bertz CT molecular complexity index is 1200. The number of alkyl halides is 3. The Morgan fingerprint density at radius 3 is 2.60 bits per heavy atom. The number of carbonyl (C=O) groups is 1. The Balaban J connectivity index is 1.69. The lowest BCUT2D eigenvalue weighted by Gasteiger charge is -2.11. The van der Waals surface area contributed by atoms with Gasteiger partial charge in [-0.15, -0.1) is 5.10 Å². The third-order valence-corrected chi connectivity index (χ3v) is 4.10. The summed E-state index contributed by atoms with van der Waals surface area (Å²) >= 11 is 0. The van der Waals surface area contributed by atoms with Crippen LogP contribution in [0.1, 0.15) is 16.2 Å². The third-order valence-electron chi connectivity index (χ3n) is 4.10. The highest BCUT2D eigenvalue weighted by molar-refractivity contribution is 6.04. The molecule has 4 rings (SSSR count). The van der Waals surface area contributed by atoms with E-state index in [0.29, 0.717) is 16.1 Å². The first-order valence-corrected chi connectivity index (χ1v) is 8.53. The number of anilines is 1. The number of halogens is 4. The second-order valence-corrected chi connectivity index (χ2v) is 6.15. The highest BCUT2D eigenvalue weighted by Gasteiger charge is 2.42. The minimum Gasteiger partial charge on any atom is -0.345 e. The van der Waals surface area contributed by atoms with Crippen LogP contribution in [0.5, 0.6) is 0 Å². The molecule has 0 aliphatic rings. The molecule has 0 radical (unpaired) electrons. The lowest BCUT2D eigenvalue weighted by Crippen LogP contribution is -2.21. The average molecular weight is 416 g/mol. The number of hydrogen-bond acceptors (Lipinski definition) is 4. The number of amides is 1. The van der Waals surface area contributed by atoms with Gasteiger partial charge in [-0.1, -0.05) is 23.4 Å². The zero-order chi connectivity index (χ0) is 21.3. The molecule has 0 bridgehead atoms. The van der Waals surface area contributed by atoms with Crippen molar-refractivity contribution in [2.45, 2.75) is 6.18 Å². The van der Waals surface area contributed by atoms with Gasteiger partial charge < -0.3 is 10.3 Å². The second-order valence-electron chi connectivity index (χ2n) is 6.15. The number of nitrogens with one attached hydrogen (secondary N) is 2. The molecule has 0 aliphatic carbocycles. The maximum absolute atomic E-state index is 13.7. The fourth-order valence-corrected chi connectivity index (χ4v) is 2.84. The van der Waals surface area contributed by atoms with Crippen molar-refractivity contribution >= 4 is 11.6 Å². The number of aromatic nitrogens is 5. The lowest BCUT2D eigenvalue weighted by atomic mass is 10.2. The van der Waals surface area contributed by atoms with Crippen molar-refractivity contribution in [1.82, 2.24) is 25.0 Å². The number of nitrogens with zero attached hydrogens (tertiary/aromatic N) is 4. The summed E-state index contributed by atoms with van der Waals surface area (Å²) in [5.41, 5.74) is -1.70. The Morgan fingerprint density at radius 1 is 1.10 bits per heavy atom. The Labute approximate surface area is 166 Å². The first-order chi connectivity index (χ1) is 14.3. The van der Waals surface area contributed by atoms with E-state index in [9.17, 15) is 22.4 Å². The second kappa shape index (κ2) is 7.43. The van der Waals surface area contributed by atoms with Crippen LogP contribution in [0.3, 0.4) is 0 Å². The zero-order valence-electron chi connectivity index (χ0n) is 15.0. The summed E-state index contributed by atoms with van der Waals surface area (Å²) in [7, 11) is 0. The molecule has 2 aromatic carbocycles. The van der Waals surface area contributed by atoms with Gasteiger partial charge in [-0.25, -0.2) is 14.1 Å². The minimum absolute atomic E-state index is 0.214. The van der Waals surface area contributed by atoms with Crippen LogP contribution in [0, 0.1) is 5.82 Å². The van der Waals surface area contributed by atoms with Crippen LogP contribution in [-0.2, 0) is 6.18 Å². The predicted octanol–water partition coefficient (Wildman–Crippen LogP) is 4.07. The van der Waals surface area contributed by atoms with Crippen LogP contribution in [0.25, 0.3) is 17.1 Å². The summed E-state index contributed by atoms with van der Waals surface area (Å²) in [6, 6.07) is 10.8. The van der Waals surface area contributed by atoms with E-state index in [-0.39, 0.29) is 11.4 Å². The van der Waals surface area contributed by atoms with Gasteiger partial charge in [-0.05, 0) is 30.3 Å². The summed E-state index contributed by atoms with van der Waals surface area (Å²) in [6.45, 7) is 0. The molecule has 0 saturated heterocycles. The van der Waals surface area contributed by atoms with Crippen molar-refractivity contribution < 1.29 is 22.4 Å². The van der Waals surface area contributed by atoms with Gasteiger partial charge in [0.25, 0.3) is 5.91 Å². The molecule has 152 valence electrons. The molecule has 4 aromatic rings.